The van der Waals surface area contributed by atoms with Crippen molar-refractivity contribution in [2.75, 3.05) is 6.61 Å². The molecule has 6 nitrogen and oxygen atoms in total. The van der Waals surface area contributed by atoms with Gasteiger partial charge >= 0.3 is 0 Å². The van der Waals surface area contributed by atoms with Crippen LogP contribution in [0, 0.1) is 5.82 Å². The van der Waals surface area contributed by atoms with Crippen LogP contribution in [0.5, 0.6) is 5.75 Å². The predicted molar refractivity (Wildman–Crippen MR) is 114 cm³/mol. The summed E-state index contributed by atoms with van der Waals surface area (Å²) in [4.78, 5) is 0. The first kappa shape index (κ1) is 21.4. The number of halogens is 1. The van der Waals surface area contributed by atoms with Crippen LogP contribution in [0.3, 0.4) is 0 Å². The van der Waals surface area contributed by atoms with Crippen molar-refractivity contribution in [3.05, 3.63) is 77.6 Å². The van der Waals surface area contributed by atoms with E-state index in [1.807, 2.05) is 30.3 Å². The molecule has 1 aliphatic rings. The van der Waals surface area contributed by atoms with Gasteiger partial charge in [0.25, 0.3) is 0 Å². The molecule has 3 aromatic rings. The van der Waals surface area contributed by atoms with Gasteiger partial charge < -0.3 is 29.9 Å². The number of hydrogen-bond acceptors (Lipinski definition) is 6. The van der Waals surface area contributed by atoms with Gasteiger partial charge in [-0.15, -0.1) is 0 Å². The van der Waals surface area contributed by atoms with Crippen LogP contribution < -0.4 is 4.74 Å². The Morgan fingerprint density at radius 1 is 0.871 bits per heavy atom. The van der Waals surface area contributed by atoms with Crippen molar-refractivity contribution in [3.63, 3.8) is 0 Å². The number of fused-ring (bicyclic) bond motifs is 1. The van der Waals surface area contributed by atoms with Gasteiger partial charge in [-0.3, -0.25) is 0 Å². The first-order valence-electron chi connectivity index (χ1n) is 9.90. The summed E-state index contributed by atoms with van der Waals surface area (Å²) in [5.74, 6) is 0.0517. The Hall–Kier alpha value is -2.81. The molecule has 0 unspecified atom stereocenters. The molecule has 0 spiro atoms. The molecular weight excluding hydrogens is 403 g/mol. The number of benzene rings is 3. The lowest BCUT2D eigenvalue weighted by molar-refractivity contribution is -0.277. The van der Waals surface area contributed by atoms with Crippen molar-refractivity contribution in [1.82, 2.24) is 0 Å². The minimum atomic E-state index is -1.53. The largest absolute Gasteiger partial charge is 0.461 e. The molecule has 7 heteroatoms. The minimum Gasteiger partial charge on any atom is -0.461 e. The zero-order valence-electron chi connectivity index (χ0n) is 16.5. The van der Waals surface area contributed by atoms with Crippen molar-refractivity contribution in [2.24, 2.45) is 0 Å². The molecule has 4 N–H and O–H groups in total. The highest BCUT2D eigenvalue weighted by atomic mass is 19.1. The van der Waals surface area contributed by atoms with Crippen LogP contribution in [0.1, 0.15) is 11.1 Å². The average molecular weight is 426 g/mol. The molecule has 3 aromatic carbocycles. The van der Waals surface area contributed by atoms with Gasteiger partial charge in [0.2, 0.25) is 6.29 Å². The SMILES string of the molecule is OC[C@H]1O[C@@H](Oc2cc3ccccc3cc2/C=C/c2ccc(F)cc2)[C@H](O)[C@@H](O)[C@@H]1O. The molecule has 1 fully saturated rings. The summed E-state index contributed by atoms with van der Waals surface area (Å²) in [6.07, 6.45) is -3.29. The van der Waals surface area contributed by atoms with Gasteiger partial charge in [0.1, 0.15) is 36.0 Å². The van der Waals surface area contributed by atoms with E-state index in [2.05, 4.69) is 0 Å². The Balaban J connectivity index is 1.68. The first-order valence-corrected chi connectivity index (χ1v) is 9.90. The molecule has 1 heterocycles. The summed E-state index contributed by atoms with van der Waals surface area (Å²) in [7, 11) is 0. The maximum atomic E-state index is 13.2. The molecule has 1 aliphatic heterocycles. The third kappa shape index (κ3) is 4.61. The van der Waals surface area contributed by atoms with Crippen molar-refractivity contribution in [3.8, 4) is 5.75 Å². The molecule has 162 valence electrons. The highest BCUT2D eigenvalue weighted by Crippen LogP contribution is 2.31. The van der Waals surface area contributed by atoms with Crippen LogP contribution in [0.2, 0.25) is 0 Å². The molecule has 0 bridgehead atoms. The summed E-state index contributed by atoms with van der Waals surface area (Å²) in [6.45, 7) is -0.542. The molecule has 0 aliphatic carbocycles. The van der Waals surface area contributed by atoms with Gasteiger partial charge in [-0.05, 0) is 40.6 Å². The minimum absolute atomic E-state index is 0.325. The molecule has 0 aromatic heterocycles. The van der Waals surface area contributed by atoms with Gasteiger partial charge in [-0.1, -0.05) is 48.6 Å². The molecule has 5 atom stereocenters. The van der Waals surface area contributed by atoms with Crippen LogP contribution in [-0.4, -0.2) is 57.7 Å². The van der Waals surface area contributed by atoms with E-state index in [0.29, 0.717) is 11.3 Å². The van der Waals surface area contributed by atoms with Crippen LogP contribution >= 0.6 is 0 Å². The Bertz CT molecular complexity index is 1070. The maximum absolute atomic E-state index is 13.2. The van der Waals surface area contributed by atoms with Gasteiger partial charge in [0.05, 0.1) is 6.61 Å². The van der Waals surface area contributed by atoms with Crippen molar-refractivity contribution in [1.29, 1.82) is 0 Å². The monoisotopic (exact) mass is 426 g/mol. The van der Waals surface area contributed by atoms with Gasteiger partial charge in [0, 0.05) is 5.56 Å². The van der Waals surface area contributed by atoms with Crippen LogP contribution in [0.15, 0.2) is 60.7 Å². The van der Waals surface area contributed by atoms with E-state index in [1.165, 1.54) is 12.1 Å². The van der Waals surface area contributed by atoms with Crippen LogP contribution in [0.25, 0.3) is 22.9 Å². The van der Waals surface area contributed by atoms with E-state index < -0.39 is 37.3 Å². The van der Waals surface area contributed by atoms with Gasteiger partial charge in [-0.25, -0.2) is 4.39 Å². The third-order valence-electron chi connectivity index (χ3n) is 5.30. The van der Waals surface area contributed by atoms with Crippen LogP contribution in [-0.2, 0) is 4.74 Å². The first-order chi connectivity index (χ1) is 15.0. The zero-order chi connectivity index (χ0) is 22.0. The third-order valence-corrected chi connectivity index (χ3v) is 5.30. The smallest absolute Gasteiger partial charge is 0.229 e. The molecule has 1 saturated heterocycles. The van der Waals surface area contributed by atoms with E-state index in [9.17, 15) is 24.8 Å². The number of aliphatic hydroxyl groups excluding tert-OH is 4. The number of rotatable bonds is 5. The van der Waals surface area contributed by atoms with Gasteiger partial charge in [0.15, 0.2) is 0 Å². The van der Waals surface area contributed by atoms with E-state index in [4.69, 9.17) is 9.47 Å². The normalized spacial score (nSPS) is 26.4. The summed E-state index contributed by atoms with van der Waals surface area (Å²) in [6, 6.07) is 17.3. The standard InChI is InChI=1S/C24H23FO6/c25-18-9-6-14(7-10-18)5-8-17-11-15-3-1-2-4-16(15)12-19(17)30-24-23(29)22(28)21(27)20(13-26)31-24/h1-12,20-24,26-29H,13H2/b8-5+/t20-,21-,22+,23-,24-/m1/s1. The van der Waals surface area contributed by atoms with E-state index in [0.717, 1.165) is 16.3 Å². The maximum Gasteiger partial charge on any atom is 0.229 e. The second kappa shape index (κ2) is 9.13. The number of aliphatic hydroxyl groups is 4. The van der Waals surface area contributed by atoms with Crippen LogP contribution in [0.4, 0.5) is 4.39 Å². The lowest BCUT2D eigenvalue weighted by atomic mass is 9.99. The topological polar surface area (TPSA) is 99.4 Å². The average Bonchev–Trinajstić information content (AvgIpc) is 2.79. The summed E-state index contributed by atoms with van der Waals surface area (Å²) in [5.41, 5.74) is 1.45. The molecule has 0 saturated carbocycles. The Labute approximate surface area is 178 Å². The Morgan fingerprint density at radius 3 is 2.23 bits per heavy atom. The van der Waals surface area contributed by atoms with E-state index in [1.54, 1.807) is 30.4 Å². The van der Waals surface area contributed by atoms with Crippen molar-refractivity contribution >= 4 is 22.9 Å². The van der Waals surface area contributed by atoms with E-state index in [-0.39, 0.29) is 5.82 Å². The molecule has 0 amide bonds. The predicted octanol–water partition coefficient (Wildman–Crippen LogP) is 2.33. The number of ether oxygens (including phenoxy) is 2. The summed E-state index contributed by atoms with van der Waals surface area (Å²) >= 11 is 0. The Morgan fingerprint density at radius 2 is 1.55 bits per heavy atom. The van der Waals surface area contributed by atoms with E-state index >= 15 is 0 Å². The second-order valence-corrected chi connectivity index (χ2v) is 7.44. The highest BCUT2D eigenvalue weighted by molar-refractivity contribution is 5.88. The van der Waals surface area contributed by atoms with Crippen molar-refractivity contribution in [2.45, 2.75) is 30.7 Å². The lowest BCUT2D eigenvalue weighted by Crippen LogP contribution is -2.60. The fraction of sp³-hybridized carbons (Fsp3) is 0.250. The number of hydrogen-bond donors (Lipinski definition) is 4. The molecule has 31 heavy (non-hydrogen) atoms. The lowest BCUT2D eigenvalue weighted by Gasteiger charge is -2.39. The Kier molecular flexibility index (Phi) is 6.31. The fourth-order valence-electron chi connectivity index (χ4n) is 3.52. The summed E-state index contributed by atoms with van der Waals surface area (Å²) in [5, 5.41) is 41.6. The zero-order valence-corrected chi connectivity index (χ0v) is 16.5. The van der Waals surface area contributed by atoms with Crippen molar-refractivity contribution < 1.29 is 34.3 Å². The summed E-state index contributed by atoms with van der Waals surface area (Å²) < 4.78 is 24.5. The molecular formula is C24H23FO6. The van der Waals surface area contributed by atoms with Gasteiger partial charge in [-0.2, -0.15) is 0 Å². The quantitative estimate of drug-likeness (QED) is 0.468. The molecule has 0 radical (unpaired) electrons. The molecule has 4 rings (SSSR count). The fourth-order valence-corrected chi connectivity index (χ4v) is 3.52. The second-order valence-electron chi connectivity index (χ2n) is 7.44. The highest BCUT2D eigenvalue weighted by Gasteiger charge is 2.44.